The van der Waals surface area contributed by atoms with Gasteiger partial charge < -0.3 is 0 Å². The summed E-state index contributed by atoms with van der Waals surface area (Å²) in [7, 11) is 0. The van der Waals surface area contributed by atoms with Crippen molar-refractivity contribution in [3.63, 3.8) is 0 Å². The highest BCUT2D eigenvalue weighted by Crippen LogP contribution is 2.23. The number of nitriles is 1. The topological polar surface area (TPSA) is 36.7 Å². The predicted molar refractivity (Wildman–Crippen MR) is 71.9 cm³/mol. The first-order chi connectivity index (χ1) is 8.86. The Hall–Kier alpha value is -2.66. The Bertz CT molecular complexity index is 740. The van der Waals surface area contributed by atoms with Gasteiger partial charge in [0.05, 0.1) is 11.1 Å². The molecule has 2 nitrogen and oxygen atoms in total. The van der Waals surface area contributed by atoms with E-state index in [1.807, 2.05) is 30.3 Å². The van der Waals surface area contributed by atoms with Crippen LogP contribution in [0.25, 0.3) is 22.0 Å². The first-order valence-electron chi connectivity index (χ1n) is 5.72. The minimum absolute atomic E-state index is 0.590. The largest absolute Gasteiger partial charge is 0.255 e. The van der Waals surface area contributed by atoms with Crippen LogP contribution in [0.2, 0.25) is 0 Å². The quantitative estimate of drug-likeness (QED) is 0.638. The summed E-state index contributed by atoms with van der Waals surface area (Å²) >= 11 is 0. The van der Waals surface area contributed by atoms with E-state index in [-0.39, 0.29) is 0 Å². The second kappa shape index (κ2) is 4.31. The molecule has 2 heteroatoms. The molecule has 18 heavy (non-hydrogen) atoms. The lowest BCUT2D eigenvalue weighted by Crippen LogP contribution is -1.83. The standard InChI is InChI=1S/C16H10N2/c17-10-12-8-15-9-14(6-7-16(15)18-11-12)13-4-2-1-3-5-13/h1-9,11H. The van der Waals surface area contributed by atoms with Gasteiger partial charge in [0.2, 0.25) is 0 Å². The van der Waals surface area contributed by atoms with Crippen LogP contribution in [0.15, 0.2) is 60.8 Å². The molecule has 0 radical (unpaired) electrons. The number of hydrogen-bond acceptors (Lipinski definition) is 2. The van der Waals surface area contributed by atoms with Crippen LogP contribution in [0, 0.1) is 11.3 Å². The number of aromatic nitrogens is 1. The van der Waals surface area contributed by atoms with Crippen LogP contribution in [-0.4, -0.2) is 4.98 Å². The van der Waals surface area contributed by atoms with Gasteiger partial charge in [-0.3, -0.25) is 4.98 Å². The van der Waals surface area contributed by atoms with Gasteiger partial charge in [0.1, 0.15) is 6.07 Å². The van der Waals surface area contributed by atoms with Crippen molar-refractivity contribution in [3.05, 3.63) is 66.4 Å². The molecule has 1 heterocycles. The summed E-state index contributed by atoms with van der Waals surface area (Å²) < 4.78 is 0. The number of fused-ring (bicyclic) bond motifs is 1. The van der Waals surface area contributed by atoms with Crippen LogP contribution >= 0.6 is 0 Å². The monoisotopic (exact) mass is 230 g/mol. The van der Waals surface area contributed by atoms with Gasteiger partial charge in [-0.15, -0.1) is 0 Å². The highest BCUT2D eigenvalue weighted by Gasteiger charge is 2.01. The predicted octanol–water partition coefficient (Wildman–Crippen LogP) is 3.77. The third-order valence-electron chi connectivity index (χ3n) is 2.92. The van der Waals surface area contributed by atoms with Crippen LogP contribution in [0.3, 0.4) is 0 Å². The molecule has 0 aliphatic carbocycles. The molecule has 0 aliphatic rings. The fraction of sp³-hybridized carbons (Fsp3) is 0. The van der Waals surface area contributed by atoms with E-state index < -0.39 is 0 Å². The molecule has 0 aliphatic heterocycles. The molecule has 3 rings (SSSR count). The van der Waals surface area contributed by atoms with Gasteiger partial charge in [-0.05, 0) is 29.3 Å². The molecule has 0 unspecified atom stereocenters. The number of benzene rings is 2. The zero-order valence-corrected chi connectivity index (χ0v) is 9.67. The Morgan fingerprint density at radius 3 is 2.50 bits per heavy atom. The fourth-order valence-electron chi connectivity index (χ4n) is 2.00. The molecule has 0 fully saturated rings. The minimum Gasteiger partial charge on any atom is -0.255 e. The van der Waals surface area contributed by atoms with E-state index in [0.29, 0.717) is 5.56 Å². The van der Waals surface area contributed by atoms with E-state index in [1.54, 1.807) is 6.20 Å². The molecule has 84 valence electrons. The van der Waals surface area contributed by atoms with E-state index in [1.165, 1.54) is 5.56 Å². The lowest BCUT2D eigenvalue weighted by Gasteiger charge is -2.03. The zero-order valence-electron chi connectivity index (χ0n) is 9.67. The number of hydrogen-bond donors (Lipinski definition) is 0. The van der Waals surface area contributed by atoms with Crippen LogP contribution in [-0.2, 0) is 0 Å². The second-order valence-electron chi connectivity index (χ2n) is 4.11. The molecule has 2 aromatic carbocycles. The van der Waals surface area contributed by atoms with Gasteiger partial charge in [0, 0.05) is 11.6 Å². The summed E-state index contributed by atoms with van der Waals surface area (Å²) in [6.45, 7) is 0. The molecule has 0 saturated heterocycles. The molecule has 0 atom stereocenters. The molecule has 0 bridgehead atoms. The lowest BCUT2D eigenvalue weighted by atomic mass is 10.0. The maximum Gasteiger partial charge on any atom is 0.101 e. The Balaban J connectivity index is 2.19. The van der Waals surface area contributed by atoms with E-state index in [4.69, 9.17) is 5.26 Å². The second-order valence-corrected chi connectivity index (χ2v) is 4.11. The molecular formula is C16H10N2. The van der Waals surface area contributed by atoms with Crippen molar-refractivity contribution in [2.75, 3.05) is 0 Å². The maximum atomic E-state index is 8.89. The smallest absolute Gasteiger partial charge is 0.101 e. The van der Waals surface area contributed by atoms with E-state index in [2.05, 4.69) is 35.3 Å². The Morgan fingerprint density at radius 2 is 1.72 bits per heavy atom. The highest BCUT2D eigenvalue weighted by atomic mass is 14.6. The van der Waals surface area contributed by atoms with Gasteiger partial charge >= 0.3 is 0 Å². The minimum atomic E-state index is 0.590. The highest BCUT2D eigenvalue weighted by molar-refractivity contribution is 5.85. The third kappa shape index (κ3) is 1.83. The normalized spacial score (nSPS) is 10.2. The summed E-state index contributed by atoms with van der Waals surface area (Å²) in [5, 5.41) is 9.89. The lowest BCUT2D eigenvalue weighted by molar-refractivity contribution is 1.37. The van der Waals surface area contributed by atoms with E-state index in [9.17, 15) is 0 Å². The number of nitrogens with zero attached hydrogens (tertiary/aromatic N) is 2. The van der Waals surface area contributed by atoms with Crippen molar-refractivity contribution >= 4 is 10.9 Å². The molecule has 0 amide bonds. The van der Waals surface area contributed by atoms with Gasteiger partial charge in [-0.1, -0.05) is 36.4 Å². The maximum absolute atomic E-state index is 8.89. The molecule has 1 aromatic heterocycles. The van der Waals surface area contributed by atoms with Gasteiger partial charge in [0.15, 0.2) is 0 Å². The first-order valence-corrected chi connectivity index (χ1v) is 5.72. The zero-order chi connectivity index (χ0) is 12.4. The molecule has 0 N–H and O–H groups in total. The average Bonchev–Trinajstić information content (AvgIpc) is 2.47. The van der Waals surface area contributed by atoms with Crippen molar-refractivity contribution < 1.29 is 0 Å². The van der Waals surface area contributed by atoms with Gasteiger partial charge in [-0.2, -0.15) is 5.26 Å². The van der Waals surface area contributed by atoms with Crippen LogP contribution < -0.4 is 0 Å². The van der Waals surface area contributed by atoms with E-state index in [0.717, 1.165) is 16.5 Å². The van der Waals surface area contributed by atoms with Crippen molar-refractivity contribution in [1.29, 1.82) is 5.26 Å². The van der Waals surface area contributed by atoms with Crippen molar-refractivity contribution in [2.24, 2.45) is 0 Å². The summed E-state index contributed by atoms with van der Waals surface area (Å²) in [6, 6.07) is 20.3. The third-order valence-corrected chi connectivity index (χ3v) is 2.92. The summed E-state index contributed by atoms with van der Waals surface area (Å²) in [5.74, 6) is 0. The summed E-state index contributed by atoms with van der Waals surface area (Å²) in [4.78, 5) is 4.26. The van der Waals surface area contributed by atoms with Crippen LogP contribution in [0.4, 0.5) is 0 Å². The van der Waals surface area contributed by atoms with Crippen LogP contribution in [0.1, 0.15) is 5.56 Å². The average molecular weight is 230 g/mol. The SMILES string of the molecule is N#Cc1cnc2ccc(-c3ccccc3)cc2c1. The van der Waals surface area contributed by atoms with Gasteiger partial charge in [-0.25, -0.2) is 0 Å². The molecular weight excluding hydrogens is 220 g/mol. The van der Waals surface area contributed by atoms with E-state index >= 15 is 0 Å². The van der Waals surface area contributed by atoms with Crippen LogP contribution in [0.5, 0.6) is 0 Å². The fourth-order valence-corrected chi connectivity index (χ4v) is 2.00. The molecule has 0 spiro atoms. The molecule has 0 saturated carbocycles. The summed E-state index contributed by atoms with van der Waals surface area (Å²) in [5.41, 5.74) is 3.81. The summed E-state index contributed by atoms with van der Waals surface area (Å²) in [6.07, 6.45) is 1.60. The molecule has 3 aromatic rings. The first kappa shape index (κ1) is 10.5. The number of rotatable bonds is 1. The van der Waals surface area contributed by atoms with Crippen molar-refractivity contribution in [3.8, 4) is 17.2 Å². The Kier molecular flexibility index (Phi) is 2.51. The van der Waals surface area contributed by atoms with Gasteiger partial charge in [0.25, 0.3) is 0 Å². The Morgan fingerprint density at radius 1 is 0.889 bits per heavy atom. The van der Waals surface area contributed by atoms with Crippen molar-refractivity contribution in [1.82, 2.24) is 4.98 Å². The Labute approximate surface area is 105 Å². The van der Waals surface area contributed by atoms with Crippen molar-refractivity contribution in [2.45, 2.75) is 0 Å². The number of pyridine rings is 1.